The van der Waals surface area contributed by atoms with Crippen molar-refractivity contribution in [1.29, 1.82) is 0 Å². The normalized spacial score (nSPS) is 16.0. The van der Waals surface area contributed by atoms with Crippen molar-refractivity contribution in [2.45, 2.75) is 64.6 Å². The molecule has 1 unspecified atom stereocenters. The zero-order chi connectivity index (χ0) is 17.9. The molecule has 0 bridgehead atoms. The van der Waals surface area contributed by atoms with Crippen molar-refractivity contribution in [2.75, 3.05) is 0 Å². The van der Waals surface area contributed by atoms with E-state index in [9.17, 15) is 10.2 Å². The third-order valence-electron chi connectivity index (χ3n) is 3.24. The van der Waals surface area contributed by atoms with E-state index in [4.69, 9.17) is 0 Å². The van der Waals surface area contributed by atoms with Crippen LogP contribution in [0.1, 0.15) is 52.4 Å². The Labute approximate surface area is 148 Å². The third kappa shape index (κ3) is 16.7. The summed E-state index contributed by atoms with van der Waals surface area (Å²) in [5.41, 5.74) is 0. The van der Waals surface area contributed by atoms with Crippen LogP contribution in [0, 0.1) is 0 Å². The maximum atomic E-state index is 9.67. The fourth-order valence-electron chi connectivity index (χ4n) is 1.92. The molecule has 134 valence electrons. The van der Waals surface area contributed by atoms with Gasteiger partial charge in [0.25, 0.3) is 0 Å². The van der Waals surface area contributed by atoms with Gasteiger partial charge in [-0.2, -0.15) is 0 Å². The minimum atomic E-state index is -0.401. The molecule has 0 aromatic rings. The lowest BCUT2D eigenvalue weighted by molar-refractivity contribution is 0.211. The minimum Gasteiger partial charge on any atom is -0.389 e. The van der Waals surface area contributed by atoms with Gasteiger partial charge in [0.2, 0.25) is 0 Å². The summed E-state index contributed by atoms with van der Waals surface area (Å²) in [6, 6.07) is 0. The van der Waals surface area contributed by atoms with E-state index < -0.39 is 6.10 Å². The van der Waals surface area contributed by atoms with E-state index in [1.807, 2.05) is 42.5 Å². The lowest BCUT2D eigenvalue weighted by Crippen LogP contribution is -1.99. The van der Waals surface area contributed by atoms with Crippen molar-refractivity contribution in [1.82, 2.24) is 0 Å². The van der Waals surface area contributed by atoms with Gasteiger partial charge in [0.05, 0.1) is 12.2 Å². The topological polar surface area (TPSA) is 40.5 Å². The molecule has 0 fully saturated rings. The number of allylic oxidation sites excluding steroid dienone is 9. The van der Waals surface area contributed by atoms with Crippen LogP contribution >= 0.6 is 0 Å². The van der Waals surface area contributed by atoms with E-state index in [1.165, 1.54) is 0 Å². The molecule has 0 aliphatic heterocycles. The summed E-state index contributed by atoms with van der Waals surface area (Å²) >= 11 is 0. The van der Waals surface area contributed by atoms with Crippen molar-refractivity contribution in [2.24, 2.45) is 0 Å². The standard InChI is InChI=1S/C22H34O2/c1-3-5-14-18-22(24)20-16-13-11-9-7-6-8-10-12-15-19-21(23)17-4-2/h5-7,10-16,19-24H,3-4,8-9,17-18H2,1-2H3/b7-6-,12-10-,13-11-,14-5-,19-15+,20-16+/t21?,22-/m0/s1. The first-order chi connectivity index (χ1) is 11.7. The second-order valence-electron chi connectivity index (χ2n) is 5.61. The summed E-state index contributed by atoms with van der Waals surface area (Å²) in [5, 5.41) is 19.2. The minimum absolute atomic E-state index is 0.324. The molecule has 24 heavy (non-hydrogen) atoms. The lowest BCUT2D eigenvalue weighted by atomic mass is 10.2. The van der Waals surface area contributed by atoms with Gasteiger partial charge in [-0.3, -0.25) is 0 Å². The average Bonchev–Trinajstić information content (AvgIpc) is 2.56. The number of rotatable bonds is 13. The number of aliphatic hydroxyl groups excluding tert-OH is 2. The number of hydrogen-bond donors (Lipinski definition) is 2. The molecule has 2 atom stereocenters. The Morgan fingerprint density at radius 2 is 1.25 bits per heavy atom. The fraction of sp³-hybridized carbons (Fsp3) is 0.455. The van der Waals surface area contributed by atoms with Crippen LogP contribution in [0.15, 0.2) is 72.9 Å². The van der Waals surface area contributed by atoms with Crippen LogP contribution < -0.4 is 0 Å². The van der Waals surface area contributed by atoms with Gasteiger partial charge < -0.3 is 10.2 Å². The van der Waals surface area contributed by atoms with E-state index in [1.54, 1.807) is 0 Å². The molecule has 0 heterocycles. The number of aliphatic hydroxyl groups is 2. The summed E-state index contributed by atoms with van der Waals surface area (Å²) in [5.74, 6) is 0. The predicted octanol–water partition coefficient (Wildman–Crippen LogP) is 5.43. The zero-order valence-electron chi connectivity index (χ0n) is 15.2. The molecule has 0 aliphatic rings. The summed E-state index contributed by atoms with van der Waals surface area (Å²) in [7, 11) is 0. The van der Waals surface area contributed by atoms with Crippen molar-refractivity contribution in [3.8, 4) is 0 Å². The van der Waals surface area contributed by atoms with Gasteiger partial charge >= 0.3 is 0 Å². The molecular formula is C22H34O2. The summed E-state index contributed by atoms with van der Waals surface area (Å²) < 4.78 is 0. The van der Waals surface area contributed by atoms with E-state index in [-0.39, 0.29) is 6.10 Å². The average molecular weight is 331 g/mol. The highest BCUT2D eigenvalue weighted by molar-refractivity contribution is 5.09. The van der Waals surface area contributed by atoms with Gasteiger partial charge in [0, 0.05) is 0 Å². The molecule has 0 aromatic carbocycles. The molecule has 0 saturated heterocycles. The fourth-order valence-corrected chi connectivity index (χ4v) is 1.92. The maximum Gasteiger partial charge on any atom is 0.0758 e. The second-order valence-corrected chi connectivity index (χ2v) is 5.61. The molecule has 2 heteroatoms. The van der Waals surface area contributed by atoms with E-state index in [0.29, 0.717) is 6.42 Å². The maximum absolute atomic E-state index is 9.67. The van der Waals surface area contributed by atoms with Crippen molar-refractivity contribution in [3.63, 3.8) is 0 Å². The summed E-state index contributed by atoms with van der Waals surface area (Å²) in [6.45, 7) is 4.15. The second kappa shape index (κ2) is 17.7. The largest absolute Gasteiger partial charge is 0.389 e. The van der Waals surface area contributed by atoms with E-state index in [0.717, 1.165) is 32.1 Å². The van der Waals surface area contributed by atoms with Gasteiger partial charge in [0.1, 0.15) is 0 Å². The third-order valence-corrected chi connectivity index (χ3v) is 3.24. The molecule has 0 spiro atoms. The van der Waals surface area contributed by atoms with Crippen molar-refractivity contribution in [3.05, 3.63) is 72.9 Å². The van der Waals surface area contributed by atoms with Crippen LogP contribution in [0.3, 0.4) is 0 Å². The molecule has 0 saturated carbocycles. The Morgan fingerprint density at radius 1 is 0.667 bits per heavy atom. The van der Waals surface area contributed by atoms with Crippen LogP contribution in [0.2, 0.25) is 0 Å². The summed E-state index contributed by atoms with van der Waals surface area (Å²) in [4.78, 5) is 0. The van der Waals surface area contributed by atoms with Gasteiger partial charge in [0.15, 0.2) is 0 Å². The SMILES string of the molecule is CC/C=C\C[C@H](O)/C=C/C=C\C/C=C\C/C=C\C=C\C(O)CCC. The highest BCUT2D eigenvalue weighted by Gasteiger charge is 1.93. The van der Waals surface area contributed by atoms with Crippen LogP contribution in [0.5, 0.6) is 0 Å². The van der Waals surface area contributed by atoms with E-state index >= 15 is 0 Å². The van der Waals surface area contributed by atoms with Crippen LogP contribution in [-0.4, -0.2) is 22.4 Å². The van der Waals surface area contributed by atoms with Gasteiger partial charge in [-0.05, 0) is 32.1 Å². The van der Waals surface area contributed by atoms with Crippen LogP contribution in [0.25, 0.3) is 0 Å². The first kappa shape index (κ1) is 22.4. The first-order valence-electron chi connectivity index (χ1n) is 9.03. The molecule has 2 N–H and O–H groups in total. The molecule has 0 aliphatic carbocycles. The van der Waals surface area contributed by atoms with Crippen LogP contribution in [0.4, 0.5) is 0 Å². The zero-order valence-corrected chi connectivity index (χ0v) is 15.2. The molecule has 0 rings (SSSR count). The highest BCUT2D eigenvalue weighted by Crippen LogP contribution is 1.99. The monoisotopic (exact) mass is 330 g/mol. The van der Waals surface area contributed by atoms with Gasteiger partial charge in [-0.25, -0.2) is 0 Å². The van der Waals surface area contributed by atoms with Crippen molar-refractivity contribution >= 4 is 0 Å². The molecule has 0 amide bonds. The van der Waals surface area contributed by atoms with Gasteiger partial charge in [-0.1, -0.05) is 93.2 Å². The molecule has 0 aromatic heterocycles. The van der Waals surface area contributed by atoms with Crippen molar-refractivity contribution < 1.29 is 10.2 Å². The number of hydrogen-bond acceptors (Lipinski definition) is 2. The Bertz CT molecular complexity index is 439. The predicted molar refractivity (Wildman–Crippen MR) is 106 cm³/mol. The molecular weight excluding hydrogens is 296 g/mol. The van der Waals surface area contributed by atoms with Gasteiger partial charge in [-0.15, -0.1) is 0 Å². The first-order valence-corrected chi connectivity index (χ1v) is 9.03. The highest BCUT2D eigenvalue weighted by atomic mass is 16.3. The Hall–Kier alpha value is -1.64. The Morgan fingerprint density at radius 3 is 1.79 bits per heavy atom. The Balaban J connectivity index is 3.76. The quantitative estimate of drug-likeness (QED) is 0.349. The van der Waals surface area contributed by atoms with E-state index in [2.05, 4.69) is 44.2 Å². The Kier molecular flexibility index (Phi) is 16.5. The summed E-state index contributed by atoms with van der Waals surface area (Å²) in [6.07, 6.45) is 28.3. The molecule has 2 nitrogen and oxygen atoms in total. The molecule has 0 radical (unpaired) electrons. The lowest BCUT2D eigenvalue weighted by Gasteiger charge is -1.99. The van der Waals surface area contributed by atoms with Crippen LogP contribution in [-0.2, 0) is 0 Å². The smallest absolute Gasteiger partial charge is 0.0758 e.